The van der Waals surface area contributed by atoms with Gasteiger partial charge in [-0.05, 0) is 13.5 Å². The molecule has 0 fully saturated rings. The Bertz CT molecular complexity index is 108. The Kier molecular flexibility index (Phi) is 3.15. The van der Waals surface area contributed by atoms with Crippen LogP contribution in [0, 0.1) is 0 Å². The van der Waals surface area contributed by atoms with Gasteiger partial charge in [0.1, 0.15) is 6.04 Å². The Morgan fingerprint density at radius 3 is 3.11 bits per heavy atom. The number of carbonyl (C=O) groups excluding carboxylic acids is 1. The third-order valence-electron chi connectivity index (χ3n) is 1.01. The van der Waals surface area contributed by atoms with E-state index in [1.54, 1.807) is 6.92 Å². The lowest BCUT2D eigenvalue weighted by Gasteiger charge is -2.07. The fourth-order valence-electron chi connectivity index (χ4n) is 0.477. The molecule has 0 aromatic rings. The number of ether oxygens (including phenoxy) is 1. The molecule has 0 aliphatic rings. The topological polar surface area (TPSA) is 38.3 Å². The highest BCUT2D eigenvalue weighted by Crippen LogP contribution is 1.83. The van der Waals surface area contributed by atoms with E-state index in [2.05, 4.69) is 10.1 Å². The van der Waals surface area contributed by atoms with Crippen LogP contribution in [0.4, 0.5) is 0 Å². The van der Waals surface area contributed by atoms with Gasteiger partial charge in [0.05, 0.1) is 7.11 Å². The Hall–Kier alpha value is -0.570. The van der Waals surface area contributed by atoms with E-state index in [4.69, 9.17) is 1.37 Å². The first-order valence-corrected chi connectivity index (χ1v) is 2.82. The van der Waals surface area contributed by atoms with Crippen LogP contribution in [-0.4, -0.2) is 25.7 Å². The second kappa shape index (κ2) is 4.32. The van der Waals surface area contributed by atoms with Crippen LogP contribution in [-0.2, 0) is 9.53 Å². The average molecular weight is 132 g/mol. The van der Waals surface area contributed by atoms with Crippen LogP contribution in [0.2, 0.25) is 0 Å². The minimum absolute atomic E-state index is 0.279. The highest BCUT2D eigenvalue weighted by Gasteiger charge is 2.09. The van der Waals surface area contributed by atoms with E-state index >= 15 is 0 Å². The summed E-state index contributed by atoms with van der Waals surface area (Å²) in [5.41, 5.74) is 0. The lowest BCUT2D eigenvalue weighted by atomic mass is 10.3. The van der Waals surface area contributed by atoms with Gasteiger partial charge in [-0.2, -0.15) is 0 Å². The van der Waals surface area contributed by atoms with Crippen LogP contribution in [0.15, 0.2) is 0 Å². The van der Waals surface area contributed by atoms with Crippen LogP contribution in [0.1, 0.15) is 15.2 Å². The van der Waals surface area contributed by atoms with Gasteiger partial charge in [-0.15, -0.1) is 0 Å². The van der Waals surface area contributed by atoms with E-state index in [1.165, 1.54) is 7.11 Å². The highest BCUT2D eigenvalue weighted by molar-refractivity contribution is 5.74. The quantitative estimate of drug-likeness (QED) is 0.556. The van der Waals surface area contributed by atoms with E-state index in [0.29, 0.717) is 6.54 Å². The first kappa shape index (κ1) is 6.55. The average Bonchev–Trinajstić information content (AvgIpc) is 1.98. The molecular weight excluding hydrogens is 118 g/mol. The highest BCUT2D eigenvalue weighted by atomic mass is 16.5. The first-order chi connectivity index (χ1) is 4.72. The Morgan fingerprint density at radius 2 is 2.67 bits per heavy atom. The van der Waals surface area contributed by atoms with Gasteiger partial charge in [0.25, 0.3) is 0 Å². The van der Waals surface area contributed by atoms with Gasteiger partial charge in [-0.1, -0.05) is 6.90 Å². The summed E-state index contributed by atoms with van der Waals surface area (Å²) in [6.45, 7) is 2.51. The van der Waals surface area contributed by atoms with Crippen LogP contribution in [0.3, 0.4) is 0 Å². The number of esters is 1. The van der Waals surface area contributed by atoms with E-state index in [-0.39, 0.29) is 18.9 Å². The lowest BCUT2D eigenvalue weighted by Crippen LogP contribution is -2.34. The molecule has 9 heavy (non-hydrogen) atoms. The van der Waals surface area contributed by atoms with Crippen molar-refractivity contribution in [2.75, 3.05) is 13.7 Å². The normalized spacial score (nSPS) is 14.2. The summed E-state index contributed by atoms with van der Waals surface area (Å²) in [5.74, 6) is -0.284. The summed E-state index contributed by atoms with van der Waals surface area (Å²) in [7, 11) is 1.35. The SMILES string of the molecule is [2H]CCN[C@@H](C)C(=O)OC. The standard InChI is InChI=1S/C6H13NO2/c1-4-7-5(2)6(8)9-3/h5,7H,4H2,1-3H3/t5-/m0/s1/i1D. The summed E-state index contributed by atoms with van der Waals surface area (Å²) < 4.78 is 11.2. The number of rotatable bonds is 3. The summed E-state index contributed by atoms with van der Waals surface area (Å²) in [5, 5.41) is 2.82. The molecule has 0 aromatic carbocycles. The van der Waals surface area contributed by atoms with Crippen LogP contribution in [0.5, 0.6) is 0 Å². The molecule has 0 aromatic heterocycles. The van der Waals surface area contributed by atoms with E-state index in [9.17, 15) is 4.79 Å². The molecule has 0 rings (SSSR count). The number of nitrogens with one attached hydrogen (secondary N) is 1. The molecule has 3 nitrogen and oxygen atoms in total. The van der Waals surface area contributed by atoms with Gasteiger partial charge in [0, 0.05) is 1.37 Å². The van der Waals surface area contributed by atoms with Crippen molar-refractivity contribution in [3.8, 4) is 0 Å². The van der Waals surface area contributed by atoms with Crippen molar-refractivity contribution in [1.29, 1.82) is 0 Å². The van der Waals surface area contributed by atoms with Crippen molar-refractivity contribution in [3.63, 3.8) is 0 Å². The molecule has 0 radical (unpaired) electrons. The Balaban J connectivity index is 3.41. The Morgan fingerprint density at radius 1 is 2.00 bits per heavy atom. The van der Waals surface area contributed by atoms with Crippen LogP contribution >= 0.6 is 0 Å². The van der Waals surface area contributed by atoms with Crippen LogP contribution in [0.25, 0.3) is 0 Å². The van der Waals surface area contributed by atoms with Gasteiger partial charge in [0.2, 0.25) is 0 Å². The van der Waals surface area contributed by atoms with Gasteiger partial charge in [-0.3, -0.25) is 4.79 Å². The molecule has 0 saturated carbocycles. The number of hydrogen-bond donors (Lipinski definition) is 1. The zero-order valence-electron chi connectivity index (χ0n) is 6.81. The van der Waals surface area contributed by atoms with Crippen molar-refractivity contribution in [2.45, 2.75) is 19.9 Å². The number of carbonyl (C=O) groups is 1. The molecule has 1 N–H and O–H groups in total. The van der Waals surface area contributed by atoms with E-state index in [1.807, 2.05) is 0 Å². The summed E-state index contributed by atoms with van der Waals surface area (Å²) in [6.07, 6.45) is 0. The maximum Gasteiger partial charge on any atom is 0.322 e. The summed E-state index contributed by atoms with van der Waals surface area (Å²) in [6, 6.07) is -0.296. The number of likely N-dealkylation sites (N-methyl/N-ethyl adjacent to an activating group) is 1. The van der Waals surface area contributed by atoms with Crippen molar-refractivity contribution >= 4 is 5.97 Å². The molecule has 54 valence electrons. The molecule has 0 unspecified atom stereocenters. The molecule has 0 bridgehead atoms. The van der Waals surface area contributed by atoms with Gasteiger partial charge in [0.15, 0.2) is 0 Å². The third-order valence-corrected chi connectivity index (χ3v) is 1.01. The fourth-order valence-corrected chi connectivity index (χ4v) is 0.477. The van der Waals surface area contributed by atoms with Crippen molar-refractivity contribution in [3.05, 3.63) is 0 Å². The Labute approximate surface area is 56.8 Å². The molecule has 0 spiro atoms. The zero-order valence-corrected chi connectivity index (χ0v) is 5.81. The molecule has 0 heterocycles. The predicted octanol–water partition coefficient (Wildman–Crippen LogP) is 0.157. The maximum absolute atomic E-state index is 10.7. The van der Waals surface area contributed by atoms with Crippen molar-refractivity contribution in [1.82, 2.24) is 5.32 Å². The number of hydrogen-bond acceptors (Lipinski definition) is 3. The van der Waals surface area contributed by atoms with Gasteiger partial charge < -0.3 is 10.1 Å². The molecular formula is C6H13NO2. The molecule has 0 aliphatic carbocycles. The van der Waals surface area contributed by atoms with Gasteiger partial charge >= 0.3 is 5.97 Å². The predicted molar refractivity (Wildman–Crippen MR) is 35.2 cm³/mol. The molecule has 1 atom stereocenters. The monoisotopic (exact) mass is 132 g/mol. The zero-order chi connectivity index (χ0) is 7.98. The van der Waals surface area contributed by atoms with E-state index in [0.717, 1.165) is 0 Å². The molecule has 3 heteroatoms. The lowest BCUT2D eigenvalue weighted by molar-refractivity contribution is -0.142. The maximum atomic E-state index is 10.7. The molecule has 0 amide bonds. The van der Waals surface area contributed by atoms with Crippen LogP contribution < -0.4 is 5.32 Å². The largest absolute Gasteiger partial charge is 0.468 e. The molecule has 0 saturated heterocycles. The summed E-state index contributed by atoms with van der Waals surface area (Å²) >= 11 is 0. The first-order valence-electron chi connectivity index (χ1n) is 3.53. The smallest absolute Gasteiger partial charge is 0.322 e. The van der Waals surface area contributed by atoms with Crippen molar-refractivity contribution < 1.29 is 10.9 Å². The van der Waals surface area contributed by atoms with Crippen molar-refractivity contribution in [2.24, 2.45) is 0 Å². The minimum atomic E-state index is -0.296. The second-order valence-electron chi connectivity index (χ2n) is 1.70. The summed E-state index contributed by atoms with van der Waals surface area (Å²) in [4.78, 5) is 10.7. The van der Waals surface area contributed by atoms with Gasteiger partial charge in [-0.25, -0.2) is 0 Å². The minimum Gasteiger partial charge on any atom is -0.468 e. The number of methoxy groups -OCH3 is 1. The van der Waals surface area contributed by atoms with E-state index < -0.39 is 0 Å². The third kappa shape index (κ3) is 3.08. The fraction of sp³-hybridized carbons (Fsp3) is 0.833. The molecule has 0 aliphatic heterocycles. The second-order valence-corrected chi connectivity index (χ2v) is 1.70.